The molecule has 0 radical (unpaired) electrons. The zero-order chi connectivity index (χ0) is 12.8. The maximum Gasteiger partial charge on any atom is 0.308 e. The summed E-state index contributed by atoms with van der Waals surface area (Å²) in [4.78, 5) is 15.7. The second kappa shape index (κ2) is 6.38. The van der Waals surface area contributed by atoms with Crippen LogP contribution in [0, 0.1) is 5.92 Å². The third kappa shape index (κ3) is 3.45. The van der Waals surface area contributed by atoms with Gasteiger partial charge in [0.1, 0.15) is 6.10 Å². The van der Waals surface area contributed by atoms with Crippen molar-refractivity contribution in [2.45, 2.75) is 38.7 Å². The zero-order valence-electron chi connectivity index (χ0n) is 10.7. The fourth-order valence-corrected chi connectivity index (χ4v) is 2.26. The molecule has 1 aromatic rings. The number of hydrogen-bond acceptors (Lipinski definition) is 4. The average Bonchev–Trinajstić information content (AvgIpc) is 2.41. The van der Waals surface area contributed by atoms with E-state index in [1.165, 1.54) is 0 Å². The number of carbonyl (C=O) groups excluding carboxylic acids is 1. The minimum absolute atomic E-state index is 0.0496. The third-order valence-electron chi connectivity index (χ3n) is 3.22. The molecule has 0 atom stereocenters. The molecule has 18 heavy (non-hydrogen) atoms. The van der Waals surface area contributed by atoms with E-state index in [0.717, 1.165) is 25.7 Å². The molecule has 0 aromatic carbocycles. The lowest BCUT2D eigenvalue weighted by Gasteiger charge is -2.27. The van der Waals surface area contributed by atoms with Crippen molar-refractivity contribution in [3.05, 3.63) is 24.4 Å². The summed E-state index contributed by atoms with van der Waals surface area (Å²) in [5.41, 5.74) is 0. The normalized spacial score (nSPS) is 23.4. The molecule has 1 aromatic heterocycles. The van der Waals surface area contributed by atoms with Crippen LogP contribution in [-0.4, -0.2) is 23.7 Å². The molecule has 0 aliphatic heterocycles. The van der Waals surface area contributed by atoms with E-state index in [-0.39, 0.29) is 18.0 Å². The Balaban J connectivity index is 1.78. The highest BCUT2D eigenvalue weighted by Crippen LogP contribution is 2.27. The van der Waals surface area contributed by atoms with Crippen molar-refractivity contribution in [2.24, 2.45) is 5.92 Å². The Kier molecular flexibility index (Phi) is 4.56. The van der Waals surface area contributed by atoms with Crippen molar-refractivity contribution in [3.63, 3.8) is 0 Å². The van der Waals surface area contributed by atoms with Gasteiger partial charge in [0.25, 0.3) is 0 Å². The van der Waals surface area contributed by atoms with Gasteiger partial charge in [-0.3, -0.25) is 4.79 Å². The first-order valence-corrected chi connectivity index (χ1v) is 6.54. The molecule has 0 bridgehead atoms. The topological polar surface area (TPSA) is 48.4 Å². The highest BCUT2D eigenvalue weighted by atomic mass is 16.5. The standard InChI is InChI=1S/C14H19NO3/c1-2-17-14(16)11-6-8-12(9-7-11)18-13-5-3-4-10-15-13/h3-5,10-12H,2,6-9H2,1H3. The van der Waals surface area contributed by atoms with Crippen LogP contribution >= 0.6 is 0 Å². The van der Waals surface area contributed by atoms with Gasteiger partial charge in [-0.15, -0.1) is 0 Å². The summed E-state index contributed by atoms with van der Waals surface area (Å²) in [6, 6.07) is 5.63. The van der Waals surface area contributed by atoms with Gasteiger partial charge < -0.3 is 9.47 Å². The Morgan fingerprint density at radius 1 is 1.33 bits per heavy atom. The van der Waals surface area contributed by atoms with E-state index in [0.29, 0.717) is 12.5 Å². The van der Waals surface area contributed by atoms with E-state index in [2.05, 4.69) is 4.98 Å². The lowest BCUT2D eigenvalue weighted by Crippen LogP contribution is -2.29. The molecule has 0 N–H and O–H groups in total. The van der Waals surface area contributed by atoms with E-state index in [1.54, 1.807) is 6.20 Å². The van der Waals surface area contributed by atoms with Gasteiger partial charge in [0.15, 0.2) is 0 Å². The summed E-state index contributed by atoms with van der Waals surface area (Å²) in [7, 11) is 0. The first-order valence-electron chi connectivity index (χ1n) is 6.54. The number of aromatic nitrogens is 1. The maximum absolute atomic E-state index is 11.6. The van der Waals surface area contributed by atoms with Crippen molar-refractivity contribution in [1.82, 2.24) is 4.98 Å². The van der Waals surface area contributed by atoms with Gasteiger partial charge in [0, 0.05) is 12.3 Å². The Hall–Kier alpha value is -1.58. The molecule has 98 valence electrons. The van der Waals surface area contributed by atoms with Crippen LogP contribution in [0.1, 0.15) is 32.6 Å². The van der Waals surface area contributed by atoms with Crippen LogP contribution in [0.2, 0.25) is 0 Å². The van der Waals surface area contributed by atoms with Gasteiger partial charge in [-0.1, -0.05) is 6.07 Å². The summed E-state index contributed by atoms with van der Waals surface area (Å²) < 4.78 is 10.8. The predicted molar refractivity (Wildman–Crippen MR) is 67.2 cm³/mol. The number of hydrogen-bond donors (Lipinski definition) is 0. The van der Waals surface area contributed by atoms with Gasteiger partial charge in [-0.05, 0) is 38.7 Å². The van der Waals surface area contributed by atoms with E-state index in [9.17, 15) is 4.79 Å². The monoisotopic (exact) mass is 249 g/mol. The molecule has 4 nitrogen and oxygen atoms in total. The second-order valence-electron chi connectivity index (χ2n) is 4.51. The fourth-order valence-electron chi connectivity index (χ4n) is 2.26. The first-order chi connectivity index (χ1) is 8.79. The molecular weight excluding hydrogens is 230 g/mol. The molecule has 4 heteroatoms. The van der Waals surface area contributed by atoms with Crippen LogP contribution in [0.25, 0.3) is 0 Å². The SMILES string of the molecule is CCOC(=O)C1CCC(Oc2ccccn2)CC1. The van der Waals surface area contributed by atoms with Crippen molar-refractivity contribution in [3.8, 4) is 5.88 Å². The van der Waals surface area contributed by atoms with E-state index in [4.69, 9.17) is 9.47 Å². The van der Waals surface area contributed by atoms with Gasteiger partial charge in [0.05, 0.1) is 12.5 Å². The zero-order valence-corrected chi connectivity index (χ0v) is 10.7. The quantitative estimate of drug-likeness (QED) is 0.769. The minimum atomic E-state index is -0.0613. The highest BCUT2D eigenvalue weighted by Gasteiger charge is 2.28. The maximum atomic E-state index is 11.6. The lowest BCUT2D eigenvalue weighted by molar-refractivity contribution is -0.149. The predicted octanol–water partition coefficient (Wildman–Crippen LogP) is 2.58. The smallest absolute Gasteiger partial charge is 0.308 e. The molecule has 0 amide bonds. The second-order valence-corrected chi connectivity index (χ2v) is 4.51. The molecule has 1 aliphatic carbocycles. The van der Waals surface area contributed by atoms with Crippen LogP contribution in [0.5, 0.6) is 5.88 Å². The van der Waals surface area contributed by atoms with Crippen molar-refractivity contribution >= 4 is 5.97 Å². The summed E-state index contributed by atoms with van der Waals surface area (Å²) in [6.45, 7) is 2.30. The van der Waals surface area contributed by atoms with Crippen LogP contribution < -0.4 is 4.74 Å². The highest BCUT2D eigenvalue weighted by molar-refractivity contribution is 5.72. The van der Waals surface area contributed by atoms with E-state index >= 15 is 0 Å². The van der Waals surface area contributed by atoms with Crippen molar-refractivity contribution in [2.75, 3.05) is 6.61 Å². The third-order valence-corrected chi connectivity index (χ3v) is 3.22. The molecule has 0 saturated heterocycles. The molecule has 2 rings (SSSR count). The number of ether oxygens (including phenoxy) is 2. The molecule has 0 unspecified atom stereocenters. The number of pyridine rings is 1. The summed E-state index contributed by atoms with van der Waals surface area (Å²) >= 11 is 0. The lowest BCUT2D eigenvalue weighted by atomic mass is 9.87. The number of rotatable bonds is 4. The van der Waals surface area contributed by atoms with Crippen molar-refractivity contribution < 1.29 is 14.3 Å². The van der Waals surface area contributed by atoms with E-state index in [1.807, 2.05) is 25.1 Å². The van der Waals surface area contributed by atoms with Gasteiger partial charge in [-0.25, -0.2) is 4.98 Å². The summed E-state index contributed by atoms with van der Waals surface area (Å²) in [6.07, 6.45) is 5.36. The molecular formula is C14H19NO3. The Labute approximate surface area is 107 Å². The fraction of sp³-hybridized carbons (Fsp3) is 0.571. The van der Waals surface area contributed by atoms with Gasteiger partial charge in [0.2, 0.25) is 5.88 Å². The molecule has 1 aliphatic rings. The first kappa shape index (κ1) is 12.9. The van der Waals surface area contributed by atoms with Crippen molar-refractivity contribution in [1.29, 1.82) is 0 Å². The number of nitrogens with zero attached hydrogens (tertiary/aromatic N) is 1. The summed E-state index contributed by atoms with van der Waals surface area (Å²) in [5.74, 6) is 0.652. The Morgan fingerprint density at radius 2 is 2.11 bits per heavy atom. The Morgan fingerprint density at radius 3 is 2.72 bits per heavy atom. The summed E-state index contributed by atoms with van der Waals surface area (Å²) in [5, 5.41) is 0. The minimum Gasteiger partial charge on any atom is -0.474 e. The van der Waals surface area contributed by atoms with Gasteiger partial charge >= 0.3 is 5.97 Å². The Bertz CT molecular complexity index is 372. The molecule has 0 spiro atoms. The molecule has 1 saturated carbocycles. The van der Waals surface area contributed by atoms with Crippen LogP contribution in [0.3, 0.4) is 0 Å². The van der Waals surface area contributed by atoms with Crippen LogP contribution in [0.15, 0.2) is 24.4 Å². The number of esters is 1. The van der Waals surface area contributed by atoms with Crippen LogP contribution in [-0.2, 0) is 9.53 Å². The average molecular weight is 249 g/mol. The van der Waals surface area contributed by atoms with E-state index < -0.39 is 0 Å². The number of carbonyl (C=O) groups is 1. The largest absolute Gasteiger partial charge is 0.474 e. The van der Waals surface area contributed by atoms with Gasteiger partial charge in [-0.2, -0.15) is 0 Å². The molecule has 1 heterocycles. The molecule has 1 fully saturated rings. The van der Waals surface area contributed by atoms with Crippen LogP contribution in [0.4, 0.5) is 0 Å².